The van der Waals surface area contributed by atoms with Crippen LogP contribution in [0.4, 0.5) is 26.6 Å². The van der Waals surface area contributed by atoms with Crippen LogP contribution < -0.4 is 20.9 Å². The first-order valence-electron chi connectivity index (χ1n) is 9.24. The molecule has 0 aliphatic carbocycles. The summed E-state index contributed by atoms with van der Waals surface area (Å²) < 4.78 is 14.6. The molecule has 2 aliphatic heterocycles. The van der Waals surface area contributed by atoms with Crippen molar-refractivity contribution in [1.29, 1.82) is 0 Å². The van der Waals surface area contributed by atoms with Crippen molar-refractivity contribution < 1.29 is 9.18 Å². The highest BCUT2D eigenvalue weighted by atomic mass is 19.1. The van der Waals surface area contributed by atoms with Crippen LogP contribution in [-0.4, -0.2) is 35.1 Å². The maximum absolute atomic E-state index is 14.6. The number of benzene rings is 1. The van der Waals surface area contributed by atoms with Gasteiger partial charge in [-0.25, -0.2) is 14.2 Å². The van der Waals surface area contributed by atoms with E-state index in [0.717, 1.165) is 31.4 Å². The van der Waals surface area contributed by atoms with Gasteiger partial charge in [0.15, 0.2) is 0 Å². The Morgan fingerprint density at radius 2 is 2.19 bits per heavy atom. The third kappa shape index (κ3) is 3.21. The van der Waals surface area contributed by atoms with E-state index in [1.165, 1.54) is 11.0 Å². The van der Waals surface area contributed by atoms with Gasteiger partial charge in [0.1, 0.15) is 11.6 Å². The van der Waals surface area contributed by atoms with Crippen LogP contribution in [-0.2, 0) is 6.54 Å². The number of nitrogens with two attached hydrogens (primary N) is 1. The molecule has 0 spiro atoms. The Hall–Kier alpha value is -2.74. The summed E-state index contributed by atoms with van der Waals surface area (Å²) in [4.78, 5) is 25.1. The second-order valence-electron chi connectivity index (χ2n) is 7.07. The number of halogens is 1. The zero-order valence-electron chi connectivity index (χ0n) is 15.3. The number of para-hydroxylation sites is 1. The molecule has 4 rings (SSSR count). The smallest absolute Gasteiger partial charge is 0.330 e. The molecule has 2 aliphatic rings. The minimum absolute atomic E-state index is 0.0667. The number of carbonyl (C=O) groups excluding carboxylic acids is 1. The van der Waals surface area contributed by atoms with Crippen LogP contribution in [0, 0.1) is 12.7 Å². The number of nitrogen functional groups attached to an aromatic ring is 1. The molecule has 7 nitrogen and oxygen atoms in total. The van der Waals surface area contributed by atoms with Crippen LogP contribution in [0.3, 0.4) is 0 Å². The van der Waals surface area contributed by atoms with Crippen molar-refractivity contribution >= 4 is 23.5 Å². The number of hydrogen-bond donors (Lipinski definition) is 2. The third-order valence-electron chi connectivity index (χ3n) is 5.20. The van der Waals surface area contributed by atoms with Crippen LogP contribution >= 0.6 is 0 Å². The molecule has 8 heteroatoms. The average molecular weight is 370 g/mol. The van der Waals surface area contributed by atoms with Gasteiger partial charge in [0.05, 0.1) is 18.3 Å². The van der Waals surface area contributed by atoms with E-state index >= 15 is 0 Å². The molecular weight excluding hydrogens is 347 g/mol. The van der Waals surface area contributed by atoms with E-state index in [0.29, 0.717) is 23.6 Å². The monoisotopic (exact) mass is 370 g/mol. The maximum atomic E-state index is 14.6. The van der Waals surface area contributed by atoms with Crippen LogP contribution in [0.5, 0.6) is 0 Å². The summed E-state index contributed by atoms with van der Waals surface area (Å²) in [6, 6.07) is 4.48. The first-order valence-corrected chi connectivity index (χ1v) is 9.24. The van der Waals surface area contributed by atoms with Crippen LogP contribution in [0.15, 0.2) is 24.4 Å². The Labute approximate surface area is 157 Å². The summed E-state index contributed by atoms with van der Waals surface area (Å²) in [5.41, 5.74) is 7.57. The lowest BCUT2D eigenvalue weighted by molar-refractivity contribution is 0.246. The van der Waals surface area contributed by atoms with Crippen molar-refractivity contribution in [2.45, 2.75) is 38.8 Å². The van der Waals surface area contributed by atoms with Gasteiger partial charge in [-0.15, -0.1) is 0 Å². The Balaban J connectivity index is 1.81. The Kier molecular flexibility index (Phi) is 4.65. The first kappa shape index (κ1) is 17.7. The van der Waals surface area contributed by atoms with Crippen molar-refractivity contribution in [3.63, 3.8) is 0 Å². The molecule has 3 heterocycles. The van der Waals surface area contributed by atoms with E-state index in [2.05, 4.69) is 15.3 Å². The van der Waals surface area contributed by atoms with Crippen LogP contribution in [0.25, 0.3) is 0 Å². The van der Waals surface area contributed by atoms with E-state index < -0.39 is 5.82 Å². The fourth-order valence-electron chi connectivity index (χ4n) is 3.88. The van der Waals surface area contributed by atoms with Crippen molar-refractivity contribution in [1.82, 2.24) is 15.3 Å². The zero-order valence-corrected chi connectivity index (χ0v) is 15.3. The van der Waals surface area contributed by atoms with E-state index in [9.17, 15) is 9.18 Å². The Bertz CT molecular complexity index is 845. The summed E-state index contributed by atoms with van der Waals surface area (Å²) in [5.74, 6) is 0.247. The van der Waals surface area contributed by atoms with Crippen LogP contribution in [0.2, 0.25) is 0 Å². The normalized spacial score (nSPS) is 20.4. The molecule has 1 atom stereocenters. The molecule has 142 valence electrons. The van der Waals surface area contributed by atoms with Gasteiger partial charge in [0.25, 0.3) is 0 Å². The van der Waals surface area contributed by atoms with Gasteiger partial charge in [0.2, 0.25) is 5.95 Å². The fraction of sp³-hybridized carbons (Fsp3) is 0.421. The SMILES string of the molecule is Cc1cccc(F)c1N1Cc2cnc(N)nc2N([C@@H]2CCCCNC2)C1=O. The van der Waals surface area contributed by atoms with Gasteiger partial charge >= 0.3 is 6.03 Å². The Morgan fingerprint density at radius 3 is 3.00 bits per heavy atom. The lowest BCUT2D eigenvalue weighted by Crippen LogP contribution is -2.55. The molecule has 1 aromatic carbocycles. The molecule has 2 amide bonds. The molecule has 0 saturated carbocycles. The van der Waals surface area contributed by atoms with Crippen molar-refractivity contribution in [3.05, 3.63) is 41.3 Å². The van der Waals surface area contributed by atoms with Gasteiger partial charge < -0.3 is 11.1 Å². The minimum atomic E-state index is -0.415. The minimum Gasteiger partial charge on any atom is -0.368 e. The molecule has 1 fully saturated rings. The molecule has 27 heavy (non-hydrogen) atoms. The highest BCUT2D eigenvalue weighted by Gasteiger charge is 2.38. The summed E-state index contributed by atoms with van der Waals surface area (Å²) in [5, 5.41) is 3.38. The quantitative estimate of drug-likeness (QED) is 0.848. The molecule has 1 saturated heterocycles. The van der Waals surface area contributed by atoms with Crippen molar-refractivity contribution in [3.8, 4) is 0 Å². The van der Waals surface area contributed by atoms with Gasteiger partial charge in [0, 0.05) is 18.3 Å². The average Bonchev–Trinajstić information content (AvgIpc) is 2.91. The topological polar surface area (TPSA) is 87.4 Å². The molecule has 3 N–H and O–H groups in total. The fourth-order valence-corrected chi connectivity index (χ4v) is 3.88. The van der Waals surface area contributed by atoms with Crippen LogP contribution in [0.1, 0.15) is 30.4 Å². The maximum Gasteiger partial charge on any atom is 0.330 e. The number of carbonyl (C=O) groups is 1. The molecule has 0 unspecified atom stereocenters. The van der Waals surface area contributed by atoms with E-state index in [1.54, 1.807) is 30.2 Å². The summed E-state index contributed by atoms with van der Waals surface area (Å²) >= 11 is 0. The number of hydrogen-bond acceptors (Lipinski definition) is 5. The second-order valence-corrected chi connectivity index (χ2v) is 7.07. The molecule has 2 aromatic rings. The van der Waals surface area contributed by atoms with Crippen molar-refractivity contribution in [2.75, 3.05) is 28.6 Å². The molecule has 0 radical (unpaired) electrons. The predicted octanol–water partition coefficient (Wildman–Crippen LogP) is 2.60. The summed E-state index contributed by atoms with van der Waals surface area (Å²) in [6.07, 6.45) is 4.56. The van der Waals surface area contributed by atoms with E-state index in [4.69, 9.17) is 5.73 Å². The largest absolute Gasteiger partial charge is 0.368 e. The number of amides is 2. The number of rotatable bonds is 2. The van der Waals surface area contributed by atoms with Gasteiger partial charge in [-0.05, 0) is 37.9 Å². The van der Waals surface area contributed by atoms with Gasteiger partial charge in [-0.3, -0.25) is 9.80 Å². The van der Waals surface area contributed by atoms with E-state index in [1.807, 2.05) is 0 Å². The molecule has 0 bridgehead atoms. The van der Waals surface area contributed by atoms with Gasteiger partial charge in [-0.2, -0.15) is 4.98 Å². The lowest BCUT2D eigenvalue weighted by atomic mass is 10.1. The second kappa shape index (κ2) is 7.11. The van der Waals surface area contributed by atoms with Crippen molar-refractivity contribution in [2.24, 2.45) is 0 Å². The first-order chi connectivity index (χ1) is 13.1. The summed E-state index contributed by atoms with van der Waals surface area (Å²) in [6.45, 7) is 3.61. The number of aryl methyl sites for hydroxylation is 1. The van der Waals surface area contributed by atoms with E-state index in [-0.39, 0.29) is 24.6 Å². The predicted molar refractivity (Wildman–Crippen MR) is 102 cm³/mol. The molecular formula is C19H23FN6O. The Morgan fingerprint density at radius 1 is 1.33 bits per heavy atom. The third-order valence-corrected chi connectivity index (χ3v) is 5.20. The number of urea groups is 1. The molecule has 1 aromatic heterocycles. The van der Waals surface area contributed by atoms with Gasteiger partial charge in [-0.1, -0.05) is 18.6 Å². The number of fused-ring (bicyclic) bond motifs is 1. The number of anilines is 3. The summed E-state index contributed by atoms with van der Waals surface area (Å²) in [7, 11) is 0. The number of nitrogens with one attached hydrogen (secondary N) is 1. The zero-order chi connectivity index (χ0) is 19.0. The standard InChI is InChI=1S/C19H23FN6O/c1-12-5-4-7-15(20)16(12)25-11-13-9-23-18(21)24-17(13)26(19(25)27)14-6-2-3-8-22-10-14/h4-5,7,9,14,22H,2-3,6,8,10-11H2,1H3,(H2,21,23,24)/t14-/m1/s1. The highest BCUT2D eigenvalue weighted by Crippen LogP contribution is 2.35. The highest BCUT2D eigenvalue weighted by molar-refractivity contribution is 6.06. The lowest BCUT2D eigenvalue weighted by Gasteiger charge is -2.40. The number of aromatic nitrogens is 2. The number of nitrogens with zero attached hydrogens (tertiary/aromatic N) is 4.